The molecule has 40 heavy (non-hydrogen) atoms. The highest BCUT2D eigenvalue weighted by Crippen LogP contribution is 2.37. The molecule has 0 bridgehead atoms. The summed E-state index contributed by atoms with van der Waals surface area (Å²) in [6.45, 7) is 6.69. The smallest absolute Gasteiger partial charge is 0.407 e. The van der Waals surface area contributed by atoms with Gasteiger partial charge in [-0.2, -0.15) is 17.8 Å². The molecule has 3 aromatic rings. The Balaban J connectivity index is 1.69. The first-order valence-electron chi connectivity index (χ1n) is 12.8. The molecule has 216 valence electrons. The zero-order chi connectivity index (χ0) is 29.0. The average molecular weight is 595 g/mol. The third kappa shape index (κ3) is 6.80. The van der Waals surface area contributed by atoms with Gasteiger partial charge in [0.15, 0.2) is 5.82 Å². The molecule has 2 aromatic heterocycles. The van der Waals surface area contributed by atoms with E-state index < -0.39 is 22.1 Å². The normalized spacial score (nSPS) is 14.8. The summed E-state index contributed by atoms with van der Waals surface area (Å²) >= 11 is 6.35. The minimum absolute atomic E-state index is 0.0624. The summed E-state index contributed by atoms with van der Waals surface area (Å²) in [4.78, 5) is 20.2. The minimum atomic E-state index is -3.95. The Morgan fingerprint density at radius 3 is 2.60 bits per heavy atom. The molecule has 0 radical (unpaired) electrons. The number of halogens is 2. The van der Waals surface area contributed by atoms with Crippen molar-refractivity contribution in [3.63, 3.8) is 0 Å². The molecule has 15 heteroatoms. The van der Waals surface area contributed by atoms with Gasteiger partial charge in [0.2, 0.25) is 5.95 Å². The van der Waals surface area contributed by atoms with E-state index in [1.54, 1.807) is 23.9 Å². The second-order valence-corrected chi connectivity index (χ2v) is 11.8. The number of carbonyl (C=O) groups is 1. The number of nitrogens with one attached hydrogen (secondary N) is 3. The zero-order valence-corrected chi connectivity index (χ0v) is 24.2. The van der Waals surface area contributed by atoms with E-state index in [1.807, 2.05) is 13.8 Å². The standard InChI is InChI=1S/C25H32ClFN8O4S/c1-15(2)35-14-19(18-11-17(26)12-21(22(18)27)33-40(37,38)34-9-5-6-10-34)23(32-35)20-7-8-28-24(31-20)29-13-16(3)30-25(36)39-4/h7-8,11-12,14-16,33H,5-6,9-10,13H2,1-4H3,(H,30,36)(H,28,29,31)/t16-/m0/s1. The van der Waals surface area contributed by atoms with Crippen molar-refractivity contribution in [2.75, 3.05) is 36.8 Å². The largest absolute Gasteiger partial charge is 0.453 e. The maximum absolute atomic E-state index is 16.0. The number of hydrogen-bond acceptors (Lipinski definition) is 8. The number of hydrogen-bond donors (Lipinski definition) is 3. The average Bonchev–Trinajstić information content (AvgIpc) is 3.61. The highest BCUT2D eigenvalue weighted by Gasteiger charge is 2.28. The lowest BCUT2D eigenvalue weighted by atomic mass is 10.0. The molecular formula is C25H32ClFN8O4S. The highest BCUT2D eigenvalue weighted by molar-refractivity contribution is 7.90. The van der Waals surface area contributed by atoms with E-state index in [0.29, 0.717) is 36.6 Å². The molecule has 1 fully saturated rings. The van der Waals surface area contributed by atoms with Crippen LogP contribution in [0.2, 0.25) is 5.02 Å². The fourth-order valence-electron chi connectivity index (χ4n) is 4.17. The molecule has 0 spiro atoms. The summed E-state index contributed by atoms with van der Waals surface area (Å²) in [5.41, 5.74) is 0.946. The van der Waals surface area contributed by atoms with Crippen LogP contribution in [0.25, 0.3) is 22.5 Å². The Morgan fingerprint density at radius 1 is 1.20 bits per heavy atom. The van der Waals surface area contributed by atoms with E-state index in [-0.39, 0.29) is 34.3 Å². The van der Waals surface area contributed by atoms with Crippen LogP contribution in [0.15, 0.2) is 30.6 Å². The van der Waals surface area contributed by atoms with Crippen LogP contribution in [-0.4, -0.2) is 71.4 Å². The van der Waals surface area contributed by atoms with Gasteiger partial charge in [0.25, 0.3) is 0 Å². The monoisotopic (exact) mass is 594 g/mol. The van der Waals surface area contributed by atoms with Gasteiger partial charge in [-0.15, -0.1) is 0 Å². The van der Waals surface area contributed by atoms with Gasteiger partial charge < -0.3 is 15.4 Å². The van der Waals surface area contributed by atoms with Crippen molar-refractivity contribution < 1.29 is 22.3 Å². The summed E-state index contributed by atoms with van der Waals surface area (Å²) in [6.07, 6.45) is 4.14. The van der Waals surface area contributed by atoms with Gasteiger partial charge >= 0.3 is 16.3 Å². The lowest BCUT2D eigenvalue weighted by molar-refractivity contribution is 0.168. The van der Waals surface area contributed by atoms with Crippen molar-refractivity contribution in [3.05, 3.63) is 41.4 Å². The van der Waals surface area contributed by atoms with Crippen LogP contribution in [0.4, 0.5) is 20.8 Å². The first-order chi connectivity index (χ1) is 19.0. The summed E-state index contributed by atoms with van der Waals surface area (Å²) in [7, 11) is -2.67. The molecule has 3 N–H and O–H groups in total. The van der Waals surface area contributed by atoms with Crippen LogP contribution in [0, 0.1) is 5.82 Å². The molecule has 1 aliphatic heterocycles. The maximum Gasteiger partial charge on any atom is 0.407 e. The topological polar surface area (TPSA) is 143 Å². The second kappa shape index (κ2) is 12.4. The third-order valence-corrected chi connectivity index (χ3v) is 7.99. The van der Waals surface area contributed by atoms with Gasteiger partial charge in [0.05, 0.1) is 18.5 Å². The number of alkyl carbamates (subject to hydrolysis) is 1. The van der Waals surface area contributed by atoms with Crippen molar-refractivity contribution in [1.29, 1.82) is 0 Å². The number of aromatic nitrogens is 4. The van der Waals surface area contributed by atoms with Crippen molar-refractivity contribution in [2.24, 2.45) is 0 Å². The van der Waals surface area contributed by atoms with Gasteiger partial charge in [-0.25, -0.2) is 19.2 Å². The molecule has 1 aromatic carbocycles. The molecule has 1 amide bonds. The Kier molecular flexibility index (Phi) is 9.11. The molecule has 0 saturated carbocycles. The van der Waals surface area contributed by atoms with E-state index in [2.05, 4.69) is 35.2 Å². The van der Waals surface area contributed by atoms with Crippen LogP contribution < -0.4 is 15.4 Å². The minimum Gasteiger partial charge on any atom is -0.453 e. The predicted molar refractivity (Wildman–Crippen MR) is 151 cm³/mol. The number of anilines is 2. The first-order valence-corrected chi connectivity index (χ1v) is 14.6. The number of carbonyl (C=O) groups excluding carboxylic acids is 1. The first kappa shape index (κ1) is 29.5. The SMILES string of the molecule is COC(=O)N[C@@H](C)CNc1nccc(-c2nn(C(C)C)cc2-c2cc(Cl)cc(NS(=O)(=O)N3CCCC3)c2F)n1. The molecule has 0 unspecified atom stereocenters. The van der Waals surface area contributed by atoms with E-state index in [4.69, 9.17) is 11.6 Å². The predicted octanol–water partition coefficient (Wildman–Crippen LogP) is 4.29. The Bertz CT molecular complexity index is 1480. The number of amides is 1. The summed E-state index contributed by atoms with van der Waals surface area (Å²) in [5, 5.41) is 10.5. The Hall–Kier alpha value is -3.49. The summed E-state index contributed by atoms with van der Waals surface area (Å²) < 4.78 is 51.6. The highest BCUT2D eigenvalue weighted by atomic mass is 35.5. The number of benzene rings is 1. The molecule has 12 nitrogen and oxygen atoms in total. The van der Waals surface area contributed by atoms with Crippen molar-refractivity contribution >= 4 is 39.5 Å². The van der Waals surface area contributed by atoms with Crippen LogP contribution >= 0.6 is 11.6 Å². The van der Waals surface area contributed by atoms with Crippen molar-refractivity contribution in [2.45, 2.75) is 45.7 Å². The van der Waals surface area contributed by atoms with E-state index in [9.17, 15) is 13.2 Å². The van der Waals surface area contributed by atoms with Gasteiger partial charge in [0.1, 0.15) is 5.69 Å². The number of methoxy groups -OCH3 is 1. The lowest BCUT2D eigenvalue weighted by Gasteiger charge is -2.18. The number of nitrogens with zero attached hydrogens (tertiary/aromatic N) is 5. The Morgan fingerprint density at radius 2 is 1.93 bits per heavy atom. The van der Waals surface area contributed by atoms with Crippen molar-refractivity contribution in [1.82, 2.24) is 29.4 Å². The van der Waals surface area contributed by atoms with Crippen LogP contribution in [0.1, 0.15) is 39.7 Å². The summed E-state index contributed by atoms with van der Waals surface area (Å²) in [5.74, 6) is -0.515. The molecular weight excluding hydrogens is 563 g/mol. The third-order valence-electron chi connectivity index (χ3n) is 6.25. The van der Waals surface area contributed by atoms with Gasteiger partial charge in [-0.3, -0.25) is 9.40 Å². The number of rotatable bonds is 10. The fourth-order valence-corrected chi connectivity index (χ4v) is 5.68. The molecule has 1 aliphatic rings. The summed E-state index contributed by atoms with van der Waals surface area (Å²) in [6, 6.07) is 3.97. The van der Waals surface area contributed by atoms with E-state index in [0.717, 1.165) is 12.8 Å². The van der Waals surface area contributed by atoms with Gasteiger partial charge in [-0.1, -0.05) is 11.6 Å². The van der Waals surface area contributed by atoms with E-state index >= 15 is 4.39 Å². The molecule has 0 aliphatic carbocycles. The zero-order valence-electron chi connectivity index (χ0n) is 22.6. The Labute approximate surface area is 237 Å². The molecule has 3 heterocycles. The van der Waals surface area contributed by atoms with Crippen LogP contribution in [-0.2, 0) is 14.9 Å². The van der Waals surface area contributed by atoms with Gasteiger partial charge in [0, 0.05) is 60.3 Å². The number of ether oxygens (including phenoxy) is 1. The second-order valence-electron chi connectivity index (χ2n) is 9.68. The van der Waals surface area contributed by atoms with Gasteiger partial charge in [-0.05, 0) is 51.8 Å². The van der Waals surface area contributed by atoms with E-state index in [1.165, 1.54) is 29.7 Å². The maximum atomic E-state index is 16.0. The molecule has 1 saturated heterocycles. The van der Waals surface area contributed by atoms with Crippen LogP contribution in [0.5, 0.6) is 0 Å². The van der Waals surface area contributed by atoms with Crippen molar-refractivity contribution in [3.8, 4) is 22.5 Å². The van der Waals surface area contributed by atoms with Crippen LogP contribution in [0.3, 0.4) is 0 Å². The molecule has 4 rings (SSSR count). The fraction of sp³-hybridized carbons (Fsp3) is 0.440. The molecule has 1 atom stereocenters. The lowest BCUT2D eigenvalue weighted by Crippen LogP contribution is -2.37. The quantitative estimate of drug-likeness (QED) is 0.315.